The lowest BCUT2D eigenvalue weighted by atomic mass is 9.94. The number of benzene rings is 1. The number of hydrogen-bond donors (Lipinski definition) is 1. The number of rotatable bonds is 5. The van der Waals surface area contributed by atoms with Crippen LogP contribution in [0.25, 0.3) is 0 Å². The Balaban J connectivity index is 1.61. The molecule has 0 unspecified atom stereocenters. The van der Waals surface area contributed by atoms with Crippen LogP contribution < -0.4 is 9.46 Å². The van der Waals surface area contributed by atoms with E-state index in [1.54, 1.807) is 0 Å². The number of nitrogens with one attached hydrogen (secondary N) is 1. The van der Waals surface area contributed by atoms with Crippen LogP contribution in [0.2, 0.25) is 10.0 Å². The summed E-state index contributed by atoms with van der Waals surface area (Å²) in [5.41, 5.74) is 0.135. The van der Waals surface area contributed by atoms with Crippen molar-refractivity contribution in [1.29, 1.82) is 5.26 Å². The molecular weight excluding hydrogens is 411 g/mol. The largest absolute Gasteiger partial charge is 0.472 e. The Hall–Kier alpha value is -1.92. The van der Waals surface area contributed by atoms with Gasteiger partial charge in [0.05, 0.1) is 5.02 Å². The van der Waals surface area contributed by atoms with Gasteiger partial charge in [0.1, 0.15) is 17.1 Å². The van der Waals surface area contributed by atoms with Crippen molar-refractivity contribution in [2.75, 3.05) is 0 Å². The van der Waals surface area contributed by atoms with Crippen LogP contribution in [0.15, 0.2) is 35.5 Å². The Bertz CT molecular complexity index is 970. The number of nitrogens with zero attached hydrogens (tertiary/aromatic N) is 3. The van der Waals surface area contributed by atoms with Crippen LogP contribution in [0.5, 0.6) is 5.88 Å². The summed E-state index contributed by atoms with van der Waals surface area (Å²) in [6, 6.07) is 6.03. The molecule has 1 aliphatic carbocycles. The highest BCUT2D eigenvalue weighted by atomic mass is 35.5. The van der Waals surface area contributed by atoms with Gasteiger partial charge < -0.3 is 4.74 Å². The maximum Gasteiger partial charge on any atom is 0.251 e. The summed E-state index contributed by atoms with van der Waals surface area (Å²) in [7, 11) is -3.77. The van der Waals surface area contributed by atoms with Crippen molar-refractivity contribution in [3.05, 3.63) is 46.3 Å². The molecule has 1 aromatic carbocycles. The monoisotopic (exact) mass is 426 g/mol. The Morgan fingerprint density at radius 1 is 1.15 bits per heavy atom. The minimum atomic E-state index is -3.77. The maximum atomic E-state index is 12.6. The van der Waals surface area contributed by atoms with E-state index in [1.165, 1.54) is 30.6 Å². The first-order valence-electron chi connectivity index (χ1n) is 8.24. The summed E-state index contributed by atoms with van der Waals surface area (Å²) in [6.45, 7) is 0. The summed E-state index contributed by atoms with van der Waals surface area (Å²) in [6.07, 6.45) is 5.16. The van der Waals surface area contributed by atoms with Gasteiger partial charge in [-0.15, -0.1) is 0 Å². The van der Waals surface area contributed by atoms with Crippen LogP contribution in [0.3, 0.4) is 0 Å². The second-order valence-corrected chi connectivity index (χ2v) is 8.64. The van der Waals surface area contributed by atoms with Crippen LogP contribution in [-0.2, 0) is 10.0 Å². The molecule has 1 heterocycles. The molecular formula is C17H16Cl2N4O3S. The molecule has 0 aliphatic heterocycles. The zero-order valence-corrected chi connectivity index (χ0v) is 16.4. The lowest BCUT2D eigenvalue weighted by molar-refractivity contribution is 0.137. The summed E-state index contributed by atoms with van der Waals surface area (Å²) in [4.78, 5) is 7.91. The van der Waals surface area contributed by atoms with Crippen LogP contribution in [-0.4, -0.2) is 30.5 Å². The van der Waals surface area contributed by atoms with Gasteiger partial charge in [0.15, 0.2) is 0 Å². The maximum absolute atomic E-state index is 12.6. The van der Waals surface area contributed by atoms with Gasteiger partial charge in [0.25, 0.3) is 5.88 Å². The molecule has 1 aliphatic rings. The van der Waals surface area contributed by atoms with Gasteiger partial charge in [-0.05, 0) is 43.9 Å². The molecule has 3 rings (SSSR count). The minimum Gasteiger partial charge on any atom is -0.472 e. The van der Waals surface area contributed by atoms with E-state index in [-0.39, 0.29) is 33.6 Å². The zero-order chi connectivity index (χ0) is 19.4. The molecule has 0 atom stereocenters. The van der Waals surface area contributed by atoms with E-state index in [0.717, 1.165) is 0 Å². The van der Waals surface area contributed by atoms with Crippen molar-refractivity contribution in [1.82, 2.24) is 14.7 Å². The molecule has 1 saturated carbocycles. The van der Waals surface area contributed by atoms with E-state index in [9.17, 15) is 8.42 Å². The molecule has 2 aromatic rings. The van der Waals surface area contributed by atoms with Crippen LogP contribution in [0.1, 0.15) is 31.4 Å². The third-order valence-corrected chi connectivity index (χ3v) is 6.46. The van der Waals surface area contributed by atoms with Crippen LogP contribution >= 0.6 is 23.2 Å². The minimum absolute atomic E-state index is 0.0340. The Morgan fingerprint density at radius 3 is 2.56 bits per heavy atom. The number of halogens is 2. The van der Waals surface area contributed by atoms with Crippen molar-refractivity contribution in [3.8, 4) is 11.9 Å². The van der Waals surface area contributed by atoms with Crippen molar-refractivity contribution >= 4 is 33.2 Å². The number of ether oxygens (including phenoxy) is 1. The SMILES string of the molecule is N#Cc1nccnc1OC1CCC(NS(=O)(=O)c2cc(Cl)ccc2Cl)CC1. The molecule has 10 heteroatoms. The smallest absolute Gasteiger partial charge is 0.251 e. The lowest BCUT2D eigenvalue weighted by Gasteiger charge is -2.29. The molecule has 0 bridgehead atoms. The van der Waals surface area contributed by atoms with E-state index in [0.29, 0.717) is 30.7 Å². The molecule has 1 N–H and O–H groups in total. The van der Waals surface area contributed by atoms with E-state index in [4.69, 9.17) is 33.2 Å². The predicted molar refractivity (Wildman–Crippen MR) is 100 cm³/mol. The highest BCUT2D eigenvalue weighted by Crippen LogP contribution is 2.28. The lowest BCUT2D eigenvalue weighted by Crippen LogP contribution is -2.39. The molecule has 1 fully saturated rings. The number of hydrogen-bond acceptors (Lipinski definition) is 6. The van der Waals surface area contributed by atoms with Crippen molar-refractivity contribution < 1.29 is 13.2 Å². The molecule has 7 nitrogen and oxygen atoms in total. The fourth-order valence-corrected chi connectivity index (χ4v) is 4.98. The molecule has 27 heavy (non-hydrogen) atoms. The van der Waals surface area contributed by atoms with E-state index in [1.807, 2.05) is 6.07 Å². The summed E-state index contributed by atoms with van der Waals surface area (Å²) < 4.78 is 33.6. The third kappa shape index (κ3) is 4.87. The third-order valence-electron chi connectivity index (χ3n) is 4.23. The Kier molecular flexibility index (Phi) is 6.17. The summed E-state index contributed by atoms with van der Waals surface area (Å²) >= 11 is 11.9. The first kappa shape index (κ1) is 19.8. The molecule has 0 amide bonds. The number of aromatic nitrogens is 2. The molecule has 0 radical (unpaired) electrons. The summed E-state index contributed by atoms with van der Waals surface area (Å²) in [5, 5.41) is 9.46. The number of nitriles is 1. The van der Waals surface area contributed by atoms with Gasteiger partial charge >= 0.3 is 0 Å². The van der Waals surface area contributed by atoms with Gasteiger partial charge in [-0.25, -0.2) is 23.1 Å². The standard InChI is InChI=1S/C17H16Cl2N4O3S/c18-11-1-6-14(19)16(9-11)27(24,25)23-12-2-4-13(5-3-12)26-17-15(10-20)21-7-8-22-17/h1,6-9,12-13,23H,2-5H2. The second-order valence-electron chi connectivity index (χ2n) is 6.11. The van der Waals surface area contributed by atoms with Gasteiger partial charge in [-0.3, -0.25) is 0 Å². The van der Waals surface area contributed by atoms with E-state index in [2.05, 4.69) is 14.7 Å². The van der Waals surface area contributed by atoms with Crippen molar-refractivity contribution in [3.63, 3.8) is 0 Å². The molecule has 142 valence electrons. The Labute approximate surface area is 167 Å². The van der Waals surface area contributed by atoms with Crippen molar-refractivity contribution in [2.24, 2.45) is 0 Å². The highest BCUT2D eigenvalue weighted by Gasteiger charge is 2.28. The topological polar surface area (TPSA) is 105 Å². The normalized spacial score (nSPS) is 20.0. The predicted octanol–water partition coefficient (Wildman–Crippen LogP) is 3.32. The van der Waals surface area contributed by atoms with Crippen LogP contribution in [0.4, 0.5) is 0 Å². The van der Waals surface area contributed by atoms with Crippen LogP contribution in [0, 0.1) is 11.3 Å². The molecule has 1 aromatic heterocycles. The fourth-order valence-electron chi connectivity index (χ4n) is 2.91. The first-order valence-corrected chi connectivity index (χ1v) is 10.5. The van der Waals surface area contributed by atoms with E-state index >= 15 is 0 Å². The fraction of sp³-hybridized carbons (Fsp3) is 0.353. The number of sulfonamides is 1. The quantitative estimate of drug-likeness (QED) is 0.785. The highest BCUT2D eigenvalue weighted by molar-refractivity contribution is 7.89. The van der Waals surface area contributed by atoms with Gasteiger partial charge in [-0.1, -0.05) is 23.2 Å². The molecule has 0 spiro atoms. The average Bonchev–Trinajstić information content (AvgIpc) is 2.65. The second kappa shape index (κ2) is 8.40. The molecule has 0 saturated heterocycles. The van der Waals surface area contributed by atoms with Gasteiger partial charge in [-0.2, -0.15) is 5.26 Å². The van der Waals surface area contributed by atoms with Gasteiger partial charge in [0, 0.05) is 23.5 Å². The summed E-state index contributed by atoms with van der Waals surface area (Å²) in [5.74, 6) is 0.203. The van der Waals surface area contributed by atoms with Gasteiger partial charge in [0.2, 0.25) is 15.7 Å². The average molecular weight is 427 g/mol. The first-order chi connectivity index (χ1) is 12.9. The van der Waals surface area contributed by atoms with E-state index < -0.39 is 10.0 Å². The Morgan fingerprint density at radius 2 is 1.85 bits per heavy atom. The van der Waals surface area contributed by atoms with Crippen molar-refractivity contribution in [2.45, 2.75) is 42.7 Å². The zero-order valence-electron chi connectivity index (χ0n) is 14.1.